The fourth-order valence-electron chi connectivity index (χ4n) is 2.06. The maximum absolute atomic E-state index is 9.54. The molecule has 2 rings (SSSR count). The predicted octanol–water partition coefficient (Wildman–Crippen LogP) is 3.15. The molecule has 0 bridgehead atoms. The molecule has 0 fully saturated rings. The summed E-state index contributed by atoms with van der Waals surface area (Å²) in [6.45, 7) is 3.94. The van der Waals surface area contributed by atoms with Crippen LogP contribution in [0.25, 0.3) is 5.69 Å². The van der Waals surface area contributed by atoms with Crippen LogP contribution in [0.15, 0.2) is 24.3 Å². The molecule has 4 nitrogen and oxygen atoms in total. The zero-order chi connectivity index (χ0) is 14.0. The van der Waals surface area contributed by atoms with E-state index in [0.29, 0.717) is 16.5 Å². The highest BCUT2D eigenvalue weighted by atomic mass is 35.5. The van der Waals surface area contributed by atoms with Crippen LogP contribution < -0.4 is 4.74 Å². The highest BCUT2D eigenvalue weighted by molar-refractivity contribution is 6.32. The standard InChI is InChI=1S/C14H17ClN2O2/c1-9(2)13-10(8-18)14(19-3)17(16-13)12-7-5-4-6-11(12)15/h4-7,9,18H,8H2,1-3H3. The first-order chi connectivity index (χ1) is 9.10. The fraction of sp³-hybridized carbons (Fsp3) is 0.357. The van der Waals surface area contributed by atoms with Crippen molar-refractivity contribution in [3.63, 3.8) is 0 Å². The Balaban J connectivity index is 2.67. The third-order valence-corrected chi connectivity index (χ3v) is 3.27. The molecule has 0 spiro atoms. The SMILES string of the molecule is COc1c(CO)c(C(C)C)nn1-c1ccccc1Cl. The van der Waals surface area contributed by atoms with Crippen LogP contribution in [-0.2, 0) is 6.61 Å². The molecule has 0 aliphatic heterocycles. The molecule has 1 aromatic heterocycles. The Kier molecular flexibility index (Phi) is 4.12. The molecule has 1 aromatic carbocycles. The summed E-state index contributed by atoms with van der Waals surface area (Å²) in [5, 5.41) is 14.7. The summed E-state index contributed by atoms with van der Waals surface area (Å²) in [5.74, 6) is 0.721. The minimum absolute atomic E-state index is 0.110. The average molecular weight is 281 g/mol. The van der Waals surface area contributed by atoms with Crippen molar-refractivity contribution in [2.45, 2.75) is 26.4 Å². The number of rotatable bonds is 4. The van der Waals surface area contributed by atoms with Crippen LogP contribution in [0.5, 0.6) is 5.88 Å². The van der Waals surface area contributed by atoms with Gasteiger partial charge in [0.25, 0.3) is 0 Å². The lowest BCUT2D eigenvalue weighted by Gasteiger charge is -2.08. The number of methoxy groups -OCH3 is 1. The van der Waals surface area contributed by atoms with Crippen molar-refractivity contribution in [2.24, 2.45) is 0 Å². The Bertz CT molecular complexity index is 579. The Morgan fingerprint density at radius 2 is 2.05 bits per heavy atom. The molecule has 0 unspecified atom stereocenters. The van der Waals surface area contributed by atoms with Crippen molar-refractivity contribution < 1.29 is 9.84 Å². The van der Waals surface area contributed by atoms with Crippen molar-refractivity contribution in [1.29, 1.82) is 0 Å². The van der Waals surface area contributed by atoms with E-state index >= 15 is 0 Å². The van der Waals surface area contributed by atoms with Gasteiger partial charge >= 0.3 is 0 Å². The van der Waals surface area contributed by atoms with Crippen molar-refractivity contribution in [3.05, 3.63) is 40.5 Å². The van der Waals surface area contributed by atoms with Gasteiger partial charge in [0.2, 0.25) is 5.88 Å². The van der Waals surface area contributed by atoms with E-state index in [1.165, 1.54) is 0 Å². The number of ether oxygens (including phenoxy) is 1. The third-order valence-electron chi connectivity index (χ3n) is 2.95. The van der Waals surface area contributed by atoms with E-state index in [0.717, 1.165) is 11.4 Å². The number of hydrogen-bond donors (Lipinski definition) is 1. The minimum Gasteiger partial charge on any atom is -0.481 e. The summed E-state index contributed by atoms with van der Waals surface area (Å²) in [4.78, 5) is 0. The summed E-state index contributed by atoms with van der Waals surface area (Å²) in [6.07, 6.45) is 0. The van der Waals surface area contributed by atoms with Crippen LogP contribution in [-0.4, -0.2) is 22.0 Å². The second kappa shape index (κ2) is 5.63. The van der Waals surface area contributed by atoms with E-state index in [2.05, 4.69) is 5.10 Å². The molecule has 102 valence electrons. The molecular weight excluding hydrogens is 264 g/mol. The number of aliphatic hydroxyl groups excluding tert-OH is 1. The fourth-order valence-corrected chi connectivity index (χ4v) is 2.28. The van der Waals surface area contributed by atoms with Crippen LogP contribution in [0.1, 0.15) is 31.0 Å². The van der Waals surface area contributed by atoms with E-state index in [1.54, 1.807) is 17.9 Å². The van der Waals surface area contributed by atoms with Crippen molar-refractivity contribution in [2.75, 3.05) is 7.11 Å². The molecular formula is C14H17ClN2O2. The molecule has 0 radical (unpaired) electrons. The lowest BCUT2D eigenvalue weighted by molar-refractivity contribution is 0.270. The molecule has 1 N–H and O–H groups in total. The van der Waals surface area contributed by atoms with Crippen molar-refractivity contribution in [3.8, 4) is 11.6 Å². The number of para-hydroxylation sites is 1. The van der Waals surface area contributed by atoms with Gasteiger partial charge in [-0.25, -0.2) is 0 Å². The molecule has 0 amide bonds. The Morgan fingerprint density at radius 1 is 1.37 bits per heavy atom. The number of aliphatic hydroxyl groups is 1. The van der Waals surface area contributed by atoms with Crippen LogP contribution in [0.3, 0.4) is 0 Å². The summed E-state index contributed by atoms with van der Waals surface area (Å²) < 4.78 is 7.03. The summed E-state index contributed by atoms with van der Waals surface area (Å²) in [6, 6.07) is 7.41. The molecule has 0 aliphatic carbocycles. The quantitative estimate of drug-likeness (QED) is 0.936. The maximum atomic E-state index is 9.54. The first-order valence-electron chi connectivity index (χ1n) is 6.11. The number of benzene rings is 1. The number of halogens is 1. The van der Waals surface area contributed by atoms with Crippen LogP contribution in [0.2, 0.25) is 5.02 Å². The van der Waals surface area contributed by atoms with Gasteiger partial charge in [0.05, 0.1) is 35.7 Å². The van der Waals surface area contributed by atoms with Crippen LogP contribution >= 0.6 is 11.6 Å². The summed E-state index contributed by atoms with van der Waals surface area (Å²) in [7, 11) is 1.56. The minimum atomic E-state index is -0.110. The molecule has 0 aliphatic rings. The van der Waals surface area contributed by atoms with E-state index in [1.807, 2.05) is 32.0 Å². The zero-order valence-corrected chi connectivity index (χ0v) is 12.0. The highest BCUT2D eigenvalue weighted by Gasteiger charge is 2.21. The Morgan fingerprint density at radius 3 is 2.58 bits per heavy atom. The number of hydrogen-bond acceptors (Lipinski definition) is 3. The van der Waals surface area contributed by atoms with Gasteiger partial charge in [-0.15, -0.1) is 0 Å². The molecule has 0 atom stereocenters. The molecule has 0 saturated carbocycles. The normalized spacial score (nSPS) is 11.1. The Hall–Kier alpha value is -1.52. The monoisotopic (exact) mass is 280 g/mol. The average Bonchev–Trinajstić information content (AvgIpc) is 2.77. The number of nitrogens with zero attached hydrogens (tertiary/aromatic N) is 2. The first-order valence-corrected chi connectivity index (χ1v) is 6.49. The van der Waals surface area contributed by atoms with Gasteiger partial charge < -0.3 is 9.84 Å². The largest absolute Gasteiger partial charge is 0.481 e. The van der Waals surface area contributed by atoms with Gasteiger partial charge in [-0.1, -0.05) is 37.6 Å². The second-order valence-corrected chi connectivity index (χ2v) is 4.96. The van der Waals surface area contributed by atoms with E-state index in [9.17, 15) is 5.11 Å². The molecule has 0 saturated heterocycles. The van der Waals surface area contributed by atoms with Crippen molar-refractivity contribution in [1.82, 2.24) is 9.78 Å². The number of aromatic nitrogens is 2. The lowest BCUT2D eigenvalue weighted by atomic mass is 10.1. The van der Waals surface area contributed by atoms with Gasteiger partial charge in [0.1, 0.15) is 0 Å². The summed E-state index contributed by atoms with van der Waals surface area (Å²) in [5.41, 5.74) is 2.26. The van der Waals surface area contributed by atoms with Gasteiger partial charge in [-0.3, -0.25) is 0 Å². The summed E-state index contributed by atoms with van der Waals surface area (Å²) >= 11 is 6.19. The predicted molar refractivity (Wildman–Crippen MR) is 75.1 cm³/mol. The Labute approximate surface area is 117 Å². The van der Waals surface area contributed by atoms with Crippen LogP contribution in [0.4, 0.5) is 0 Å². The van der Waals surface area contributed by atoms with E-state index in [4.69, 9.17) is 16.3 Å². The third kappa shape index (κ3) is 2.46. The molecule has 5 heteroatoms. The van der Waals surface area contributed by atoms with Gasteiger partial charge in [-0.05, 0) is 18.1 Å². The van der Waals surface area contributed by atoms with Crippen LogP contribution in [0, 0.1) is 0 Å². The first kappa shape index (κ1) is 13.9. The molecule has 2 aromatic rings. The molecule has 19 heavy (non-hydrogen) atoms. The van der Waals surface area contributed by atoms with E-state index in [-0.39, 0.29) is 12.5 Å². The van der Waals surface area contributed by atoms with E-state index < -0.39 is 0 Å². The smallest absolute Gasteiger partial charge is 0.222 e. The lowest BCUT2D eigenvalue weighted by Crippen LogP contribution is -2.01. The maximum Gasteiger partial charge on any atom is 0.222 e. The zero-order valence-electron chi connectivity index (χ0n) is 11.2. The molecule has 1 heterocycles. The van der Waals surface area contributed by atoms with Crippen molar-refractivity contribution >= 4 is 11.6 Å². The second-order valence-electron chi connectivity index (χ2n) is 4.55. The van der Waals surface area contributed by atoms with Gasteiger partial charge in [0, 0.05) is 0 Å². The van der Waals surface area contributed by atoms with Gasteiger partial charge in [-0.2, -0.15) is 9.78 Å². The highest BCUT2D eigenvalue weighted by Crippen LogP contribution is 2.32. The van der Waals surface area contributed by atoms with Gasteiger partial charge in [0.15, 0.2) is 0 Å². The topological polar surface area (TPSA) is 47.3 Å².